The predicted molar refractivity (Wildman–Crippen MR) is 90.8 cm³/mol. The first-order valence-electron chi connectivity index (χ1n) is 7.80. The van der Waals surface area contributed by atoms with Crippen molar-refractivity contribution in [2.75, 3.05) is 13.1 Å². The maximum Gasteiger partial charge on any atom is 0.226 e. The number of rotatable bonds is 4. The average molecular weight is 340 g/mol. The lowest BCUT2D eigenvalue weighted by atomic mass is 9.92. The quantitative estimate of drug-likeness (QED) is 0.926. The third-order valence-electron chi connectivity index (χ3n) is 4.29. The molecule has 1 fully saturated rings. The van der Waals surface area contributed by atoms with Gasteiger partial charge < -0.3 is 10.2 Å². The average Bonchev–Trinajstić information content (AvgIpc) is 2.96. The second kappa shape index (κ2) is 7.90. The van der Waals surface area contributed by atoms with E-state index in [1.165, 1.54) is 25.0 Å². The third kappa shape index (κ3) is 4.53. The van der Waals surface area contributed by atoms with Gasteiger partial charge in [-0.3, -0.25) is 4.90 Å². The molecule has 0 radical (unpaired) electrons. The monoisotopic (exact) mass is 339 g/mol. The minimum Gasteiger partial charge on any atom is -0.444 e. The topological polar surface area (TPSA) is 55.3 Å². The lowest BCUT2D eigenvalue weighted by Gasteiger charge is -2.34. The molecule has 3 rings (SSSR count). The van der Waals surface area contributed by atoms with Crippen molar-refractivity contribution >= 4 is 12.4 Å². The molecule has 1 aromatic carbocycles. The zero-order valence-electron chi connectivity index (χ0n) is 13.2. The van der Waals surface area contributed by atoms with Crippen LogP contribution >= 0.6 is 12.4 Å². The van der Waals surface area contributed by atoms with Crippen molar-refractivity contribution < 1.29 is 8.81 Å². The highest BCUT2D eigenvalue weighted by molar-refractivity contribution is 5.85. The molecule has 1 aliphatic heterocycles. The van der Waals surface area contributed by atoms with Crippen LogP contribution in [0.1, 0.15) is 25.5 Å². The fourth-order valence-electron chi connectivity index (χ4n) is 3.03. The second-order valence-electron chi connectivity index (χ2n) is 6.15. The van der Waals surface area contributed by atoms with Gasteiger partial charge in [-0.15, -0.1) is 12.4 Å². The minimum absolute atomic E-state index is 0. The van der Waals surface area contributed by atoms with E-state index in [-0.39, 0.29) is 24.3 Å². The Kier molecular flexibility index (Phi) is 6.16. The molecule has 2 unspecified atom stereocenters. The Morgan fingerprint density at radius 2 is 2.30 bits per heavy atom. The lowest BCUT2D eigenvalue weighted by Crippen LogP contribution is -2.41. The smallest absolute Gasteiger partial charge is 0.226 e. The Morgan fingerprint density at radius 1 is 1.48 bits per heavy atom. The minimum atomic E-state index is -0.284. The summed E-state index contributed by atoms with van der Waals surface area (Å²) in [5.74, 6) is 0.728. The van der Waals surface area contributed by atoms with Crippen LogP contribution in [0.4, 0.5) is 4.39 Å². The molecule has 0 saturated carbocycles. The fourth-order valence-corrected chi connectivity index (χ4v) is 3.03. The molecule has 2 heterocycles. The van der Waals surface area contributed by atoms with Gasteiger partial charge in [0.15, 0.2) is 0 Å². The molecule has 23 heavy (non-hydrogen) atoms. The Morgan fingerprint density at radius 3 is 3.04 bits per heavy atom. The van der Waals surface area contributed by atoms with E-state index in [9.17, 15) is 4.39 Å². The predicted octanol–water partition coefficient (Wildman–Crippen LogP) is 3.46. The van der Waals surface area contributed by atoms with Crippen molar-refractivity contribution in [3.8, 4) is 11.5 Å². The number of hydrogen-bond acceptors (Lipinski definition) is 4. The molecule has 1 aromatic heterocycles. The molecule has 2 aromatic rings. The number of aromatic nitrogens is 1. The number of piperidine rings is 1. The molecule has 6 heteroatoms. The van der Waals surface area contributed by atoms with Gasteiger partial charge in [0, 0.05) is 24.7 Å². The summed E-state index contributed by atoms with van der Waals surface area (Å²) in [7, 11) is 0. The fraction of sp³-hybridized carbons (Fsp3) is 0.471. The van der Waals surface area contributed by atoms with E-state index in [0.29, 0.717) is 17.4 Å². The van der Waals surface area contributed by atoms with Crippen molar-refractivity contribution in [3.05, 3.63) is 42.0 Å². The Labute approximate surface area is 142 Å². The first-order valence-corrected chi connectivity index (χ1v) is 7.80. The zero-order valence-corrected chi connectivity index (χ0v) is 14.1. The van der Waals surface area contributed by atoms with Crippen molar-refractivity contribution in [2.45, 2.75) is 32.4 Å². The van der Waals surface area contributed by atoms with Crippen molar-refractivity contribution in [1.82, 2.24) is 9.88 Å². The number of nitrogens with zero attached hydrogens (tertiary/aromatic N) is 2. The molecule has 126 valence electrons. The summed E-state index contributed by atoms with van der Waals surface area (Å²) in [4.78, 5) is 6.85. The molecule has 2 atom stereocenters. The molecule has 0 spiro atoms. The van der Waals surface area contributed by atoms with Gasteiger partial charge in [0.05, 0.1) is 5.69 Å². The van der Waals surface area contributed by atoms with Crippen molar-refractivity contribution in [1.29, 1.82) is 0 Å². The van der Waals surface area contributed by atoms with Crippen LogP contribution in [0.5, 0.6) is 0 Å². The van der Waals surface area contributed by atoms with Crippen LogP contribution in [0.15, 0.2) is 34.9 Å². The van der Waals surface area contributed by atoms with Crippen molar-refractivity contribution in [3.63, 3.8) is 0 Å². The first-order chi connectivity index (χ1) is 10.6. The number of likely N-dealkylation sites (tertiary alicyclic amines) is 1. The number of nitrogens with two attached hydrogens (primary N) is 1. The normalized spacial score (nSPS) is 20.0. The van der Waals surface area contributed by atoms with Gasteiger partial charge in [0.2, 0.25) is 5.89 Å². The highest BCUT2D eigenvalue weighted by Gasteiger charge is 2.23. The molecule has 0 aliphatic carbocycles. The standard InChI is InChI=1S/C17H22FN3O.ClH/c1-12(19)14-5-3-7-21(9-14)10-16-11-22-17(20-16)13-4-2-6-15(18)8-13;/h2,4,6,8,11-12,14H,3,5,7,9-10,19H2,1H3;1H. The van der Waals surface area contributed by atoms with E-state index < -0.39 is 0 Å². The summed E-state index contributed by atoms with van der Waals surface area (Å²) in [5.41, 5.74) is 7.57. The van der Waals surface area contributed by atoms with Gasteiger partial charge in [-0.2, -0.15) is 0 Å². The van der Waals surface area contributed by atoms with E-state index in [1.807, 2.05) is 0 Å². The molecule has 0 amide bonds. The van der Waals surface area contributed by atoms with Crippen LogP contribution in [-0.4, -0.2) is 29.0 Å². The maximum absolute atomic E-state index is 13.3. The Hall–Kier alpha value is -1.43. The number of hydrogen-bond donors (Lipinski definition) is 1. The first kappa shape index (κ1) is 17.9. The Bertz CT molecular complexity index is 632. The van der Waals surface area contributed by atoms with Crippen LogP contribution in [0, 0.1) is 11.7 Å². The van der Waals surface area contributed by atoms with Gasteiger partial charge in [0.25, 0.3) is 0 Å². The van der Waals surface area contributed by atoms with E-state index >= 15 is 0 Å². The van der Waals surface area contributed by atoms with Crippen LogP contribution < -0.4 is 5.73 Å². The lowest BCUT2D eigenvalue weighted by molar-refractivity contribution is 0.153. The Balaban J connectivity index is 0.00000192. The zero-order chi connectivity index (χ0) is 15.5. The van der Waals surface area contributed by atoms with E-state index in [4.69, 9.17) is 10.2 Å². The van der Waals surface area contributed by atoms with Crippen LogP contribution in [-0.2, 0) is 6.54 Å². The van der Waals surface area contributed by atoms with Crippen molar-refractivity contribution in [2.24, 2.45) is 11.7 Å². The molecule has 1 saturated heterocycles. The highest BCUT2D eigenvalue weighted by atomic mass is 35.5. The maximum atomic E-state index is 13.3. The number of oxazole rings is 1. The van der Waals surface area contributed by atoms with Crippen LogP contribution in [0.2, 0.25) is 0 Å². The molecule has 4 nitrogen and oxygen atoms in total. The molecular weight excluding hydrogens is 317 g/mol. The summed E-state index contributed by atoms with van der Waals surface area (Å²) in [6.07, 6.45) is 4.03. The SMILES string of the molecule is CC(N)C1CCCN(Cc2coc(-c3cccc(F)c3)n2)C1.Cl. The molecule has 1 aliphatic rings. The van der Waals surface area contributed by atoms with Gasteiger partial charge in [-0.1, -0.05) is 6.07 Å². The van der Waals surface area contributed by atoms with Gasteiger partial charge in [-0.05, 0) is 50.4 Å². The molecular formula is C17H23ClFN3O. The summed E-state index contributed by atoms with van der Waals surface area (Å²) in [6, 6.07) is 6.53. The van der Waals surface area contributed by atoms with Gasteiger partial charge in [-0.25, -0.2) is 9.37 Å². The van der Waals surface area contributed by atoms with E-state index in [0.717, 1.165) is 25.3 Å². The highest BCUT2D eigenvalue weighted by Crippen LogP contribution is 2.23. The third-order valence-corrected chi connectivity index (χ3v) is 4.29. The van der Waals surface area contributed by atoms with Crippen LogP contribution in [0.25, 0.3) is 11.5 Å². The second-order valence-corrected chi connectivity index (χ2v) is 6.15. The number of halogens is 2. The van der Waals surface area contributed by atoms with Gasteiger partial charge in [0.1, 0.15) is 12.1 Å². The largest absolute Gasteiger partial charge is 0.444 e. The number of benzene rings is 1. The van der Waals surface area contributed by atoms with E-state index in [2.05, 4.69) is 16.8 Å². The van der Waals surface area contributed by atoms with Crippen LogP contribution in [0.3, 0.4) is 0 Å². The summed E-state index contributed by atoms with van der Waals surface area (Å²) in [6.45, 7) is 4.89. The summed E-state index contributed by atoms with van der Waals surface area (Å²) < 4.78 is 18.8. The summed E-state index contributed by atoms with van der Waals surface area (Å²) in [5, 5.41) is 0. The summed E-state index contributed by atoms with van der Waals surface area (Å²) >= 11 is 0. The van der Waals surface area contributed by atoms with E-state index in [1.54, 1.807) is 18.4 Å². The molecule has 2 N–H and O–H groups in total. The van der Waals surface area contributed by atoms with Gasteiger partial charge >= 0.3 is 0 Å². The molecule has 0 bridgehead atoms.